The standard InChI is InChI=1S/C17H20N2O2/c1-19(13-16-8-11-20-14-16)10-12-21-17-6-4-15(5-7-17)3-2-9-18/h4-8,11,14H,9-10,12-13,18H2,1H3. The molecule has 0 unspecified atom stereocenters. The van der Waals surface area contributed by atoms with Gasteiger partial charge in [-0.3, -0.25) is 4.90 Å². The van der Waals surface area contributed by atoms with Crippen LogP contribution in [-0.4, -0.2) is 31.6 Å². The van der Waals surface area contributed by atoms with Gasteiger partial charge in [-0.15, -0.1) is 0 Å². The number of rotatable bonds is 6. The Morgan fingerprint density at radius 1 is 1.24 bits per heavy atom. The molecule has 1 aromatic heterocycles. The fraction of sp³-hybridized carbons (Fsp3) is 0.294. The van der Waals surface area contributed by atoms with Crippen molar-refractivity contribution in [3.63, 3.8) is 0 Å². The van der Waals surface area contributed by atoms with Crippen molar-refractivity contribution in [2.24, 2.45) is 5.73 Å². The van der Waals surface area contributed by atoms with E-state index < -0.39 is 0 Å². The third-order valence-corrected chi connectivity index (χ3v) is 2.96. The molecule has 2 rings (SSSR count). The van der Waals surface area contributed by atoms with Crippen LogP contribution in [0.15, 0.2) is 47.3 Å². The summed E-state index contributed by atoms with van der Waals surface area (Å²) >= 11 is 0. The number of nitrogens with zero attached hydrogens (tertiary/aromatic N) is 1. The fourth-order valence-corrected chi connectivity index (χ4v) is 1.88. The van der Waals surface area contributed by atoms with Gasteiger partial charge in [0.2, 0.25) is 0 Å². The molecule has 0 aliphatic carbocycles. The number of ether oxygens (including phenoxy) is 1. The van der Waals surface area contributed by atoms with Gasteiger partial charge in [-0.05, 0) is 37.4 Å². The molecule has 110 valence electrons. The predicted octanol–water partition coefficient (Wildman–Crippen LogP) is 2.10. The summed E-state index contributed by atoms with van der Waals surface area (Å²) < 4.78 is 10.8. The summed E-state index contributed by atoms with van der Waals surface area (Å²) in [7, 11) is 2.06. The maximum atomic E-state index is 5.72. The summed E-state index contributed by atoms with van der Waals surface area (Å²) in [5.41, 5.74) is 7.46. The topological polar surface area (TPSA) is 51.6 Å². The smallest absolute Gasteiger partial charge is 0.119 e. The first-order chi connectivity index (χ1) is 10.3. The molecule has 4 heteroatoms. The minimum absolute atomic E-state index is 0.376. The molecular weight excluding hydrogens is 264 g/mol. The Bertz CT molecular complexity index is 579. The van der Waals surface area contributed by atoms with E-state index in [-0.39, 0.29) is 0 Å². The van der Waals surface area contributed by atoms with Crippen molar-refractivity contribution in [2.75, 3.05) is 26.7 Å². The summed E-state index contributed by atoms with van der Waals surface area (Å²) in [6.45, 7) is 2.72. The molecule has 0 amide bonds. The highest BCUT2D eigenvalue weighted by molar-refractivity contribution is 5.38. The lowest BCUT2D eigenvalue weighted by Gasteiger charge is -2.15. The van der Waals surface area contributed by atoms with Crippen LogP contribution in [0.3, 0.4) is 0 Å². The Balaban J connectivity index is 1.73. The van der Waals surface area contributed by atoms with Gasteiger partial charge in [-0.2, -0.15) is 0 Å². The SMILES string of the molecule is CN(CCOc1ccc(C#CCN)cc1)Cc1ccoc1. The summed E-state index contributed by atoms with van der Waals surface area (Å²) in [5.74, 6) is 6.66. The second-order valence-corrected chi connectivity index (χ2v) is 4.75. The lowest BCUT2D eigenvalue weighted by Crippen LogP contribution is -2.23. The molecule has 0 radical (unpaired) electrons. The number of benzene rings is 1. The monoisotopic (exact) mass is 284 g/mol. The van der Waals surface area contributed by atoms with Crippen LogP contribution >= 0.6 is 0 Å². The Kier molecular flexibility index (Phi) is 5.89. The van der Waals surface area contributed by atoms with Gasteiger partial charge in [0, 0.05) is 24.2 Å². The molecule has 1 aromatic carbocycles. The van der Waals surface area contributed by atoms with Gasteiger partial charge in [0.05, 0.1) is 19.1 Å². The lowest BCUT2D eigenvalue weighted by atomic mass is 10.2. The normalized spacial score (nSPS) is 10.2. The van der Waals surface area contributed by atoms with E-state index in [1.54, 1.807) is 12.5 Å². The highest BCUT2D eigenvalue weighted by atomic mass is 16.5. The van der Waals surface area contributed by atoms with Crippen molar-refractivity contribution < 1.29 is 9.15 Å². The van der Waals surface area contributed by atoms with Gasteiger partial charge in [0.15, 0.2) is 0 Å². The number of nitrogens with two attached hydrogens (primary N) is 1. The molecule has 0 spiro atoms. The number of likely N-dealkylation sites (N-methyl/N-ethyl adjacent to an activating group) is 1. The van der Waals surface area contributed by atoms with E-state index in [0.29, 0.717) is 13.2 Å². The molecular formula is C17H20N2O2. The third-order valence-electron chi connectivity index (χ3n) is 2.96. The van der Waals surface area contributed by atoms with Crippen LogP contribution in [0.1, 0.15) is 11.1 Å². The molecule has 1 heterocycles. The second-order valence-electron chi connectivity index (χ2n) is 4.75. The second kappa shape index (κ2) is 8.15. The van der Waals surface area contributed by atoms with Crippen LogP contribution in [0.25, 0.3) is 0 Å². The van der Waals surface area contributed by atoms with Crippen molar-refractivity contribution in [1.82, 2.24) is 4.90 Å². The molecule has 0 fully saturated rings. The maximum absolute atomic E-state index is 5.72. The Hall–Kier alpha value is -2.22. The van der Waals surface area contributed by atoms with E-state index in [9.17, 15) is 0 Å². The van der Waals surface area contributed by atoms with Crippen LogP contribution in [-0.2, 0) is 6.54 Å². The van der Waals surface area contributed by atoms with Crippen molar-refractivity contribution in [3.05, 3.63) is 54.0 Å². The van der Waals surface area contributed by atoms with Crippen LogP contribution in [0.2, 0.25) is 0 Å². The van der Waals surface area contributed by atoms with Gasteiger partial charge >= 0.3 is 0 Å². The van der Waals surface area contributed by atoms with E-state index in [1.165, 1.54) is 5.56 Å². The first-order valence-corrected chi connectivity index (χ1v) is 6.89. The largest absolute Gasteiger partial charge is 0.492 e. The number of hydrogen-bond acceptors (Lipinski definition) is 4. The number of furan rings is 1. The molecule has 0 bridgehead atoms. The first kappa shape index (κ1) is 15.2. The maximum Gasteiger partial charge on any atom is 0.119 e. The summed E-state index contributed by atoms with van der Waals surface area (Å²) in [6, 6.07) is 9.70. The zero-order chi connectivity index (χ0) is 14.9. The molecule has 0 saturated heterocycles. The van der Waals surface area contributed by atoms with Crippen molar-refractivity contribution in [3.8, 4) is 17.6 Å². The zero-order valence-corrected chi connectivity index (χ0v) is 12.2. The average Bonchev–Trinajstić information content (AvgIpc) is 2.99. The number of hydrogen-bond donors (Lipinski definition) is 1. The van der Waals surface area contributed by atoms with Crippen LogP contribution in [0, 0.1) is 11.8 Å². The fourth-order valence-electron chi connectivity index (χ4n) is 1.88. The van der Waals surface area contributed by atoms with Gasteiger partial charge < -0.3 is 14.9 Å². The van der Waals surface area contributed by atoms with Gasteiger partial charge in [0.1, 0.15) is 12.4 Å². The molecule has 0 aliphatic heterocycles. The van der Waals surface area contributed by atoms with Crippen LogP contribution < -0.4 is 10.5 Å². The average molecular weight is 284 g/mol. The van der Waals surface area contributed by atoms with E-state index in [2.05, 4.69) is 23.8 Å². The van der Waals surface area contributed by atoms with E-state index >= 15 is 0 Å². The quantitative estimate of drug-likeness (QED) is 0.825. The summed E-state index contributed by atoms with van der Waals surface area (Å²) in [5, 5.41) is 0. The van der Waals surface area contributed by atoms with Gasteiger partial charge in [0.25, 0.3) is 0 Å². The van der Waals surface area contributed by atoms with Crippen LogP contribution in [0.5, 0.6) is 5.75 Å². The minimum atomic E-state index is 0.376. The van der Waals surface area contributed by atoms with Crippen molar-refractivity contribution in [2.45, 2.75) is 6.54 Å². The minimum Gasteiger partial charge on any atom is -0.492 e. The molecule has 2 aromatic rings. The Labute approximate surface area is 125 Å². The van der Waals surface area contributed by atoms with E-state index in [0.717, 1.165) is 24.4 Å². The summed E-state index contributed by atoms with van der Waals surface area (Å²) in [4.78, 5) is 2.19. The molecule has 4 nitrogen and oxygen atoms in total. The lowest BCUT2D eigenvalue weighted by molar-refractivity contribution is 0.232. The Morgan fingerprint density at radius 2 is 2.05 bits per heavy atom. The van der Waals surface area contributed by atoms with Gasteiger partial charge in [-0.25, -0.2) is 0 Å². The Morgan fingerprint density at radius 3 is 2.71 bits per heavy atom. The first-order valence-electron chi connectivity index (χ1n) is 6.89. The van der Waals surface area contributed by atoms with Crippen molar-refractivity contribution in [1.29, 1.82) is 0 Å². The molecule has 0 aliphatic rings. The van der Waals surface area contributed by atoms with Gasteiger partial charge in [-0.1, -0.05) is 11.8 Å². The van der Waals surface area contributed by atoms with Crippen LogP contribution in [0.4, 0.5) is 0 Å². The molecule has 2 N–H and O–H groups in total. The van der Waals surface area contributed by atoms with E-state index in [4.69, 9.17) is 14.9 Å². The van der Waals surface area contributed by atoms with E-state index in [1.807, 2.05) is 30.3 Å². The highest BCUT2D eigenvalue weighted by Gasteiger charge is 2.02. The third kappa shape index (κ3) is 5.35. The molecule has 21 heavy (non-hydrogen) atoms. The molecule has 0 saturated carbocycles. The molecule has 0 atom stereocenters. The summed E-state index contributed by atoms with van der Waals surface area (Å²) in [6.07, 6.45) is 3.45. The predicted molar refractivity (Wildman–Crippen MR) is 82.9 cm³/mol. The van der Waals surface area contributed by atoms with Crippen molar-refractivity contribution >= 4 is 0 Å². The zero-order valence-electron chi connectivity index (χ0n) is 12.2. The highest BCUT2D eigenvalue weighted by Crippen LogP contribution is 2.11.